The average Bonchev–Trinajstić information content (AvgIpc) is 2.00. The van der Waals surface area contributed by atoms with Crippen molar-refractivity contribution in [3.05, 3.63) is 23.9 Å². The lowest BCUT2D eigenvalue weighted by Gasteiger charge is -2.10. The third-order valence-corrected chi connectivity index (χ3v) is 3.24. The van der Waals surface area contributed by atoms with Crippen LogP contribution in [0.2, 0.25) is 0 Å². The molecule has 0 radical (unpaired) electrons. The standard InChI is InChI=1S/C7H14O2Si/c1-5-7(6-2)10(8-3)9-4/h5-6,10H,1H2,2-4H3. The molecule has 0 aromatic rings. The Morgan fingerprint density at radius 2 is 1.90 bits per heavy atom. The Morgan fingerprint density at radius 3 is 2.00 bits per heavy atom. The summed E-state index contributed by atoms with van der Waals surface area (Å²) in [7, 11) is 1.76. The summed E-state index contributed by atoms with van der Waals surface area (Å²) in [6.45, 7) is 5.61. The summed E-state index contributed by atoms with van der Waals surface area (Å²) in [5.74, 6) is 0. The van der Waals surface area contributed by atoms with Gasteiger partial charge in [-0.3, -0.25) is 0 Å². The van der Waals surface area contributed by atoms with Gasteiger partial charge in [-0.05, 0) is 12.1 Å². The van der Waals surface area contributed by atoms with Gasteiger partial charge in [-0.1, -0.05) is 18.7 Å². The van der Waals surface area contributed by atoms with Gasteiger partial charge in [0.05, 0.1) is 0 Å². The van der Waals surface area contributed by atoms with E-state index in [0.29, 0.717) is 0 Å². The first-order valence-electron chi connectivity index (χ1n) is 3.14. The third kappa shape index (κ3) is 2.47. The molecule has 3 heteroatoms. The number of rotatable bonds is 4. The predicted molar refractivity (Wildman–Crippen MR) is 45.1 cm³/mol. The maximum atomic E-state index is 5.12. The van der Waals surface area contributed by atoms with Crippen molar-refractivity contribution >= 4 is 9.28 Å². The minimum absolute atomic E-state index is 1.09. The van der Waals surface area contributed by atoms with Crippen LogP contribution in [-0.2, 0) is 8.85 Å². The van der Waals surface area contributed by atoms with Crippen LogP contribution < -0.4 is 0 Å². The lowest BCUT2D eigenvalue weighted by Crippen LogP contribution is -2.21. The van der Waals surface area contributed by atoms with Crippen molar-refractivity contribution in [3.63, 3.8) is 0 Å². The van der Waals surface area contributed by atoms with E-state index in [2.05, 4.69) is 6.58 Å². The van der Waals surface area contributed by atoms with E-state index >= 15 is 0 Å². The molecule has 0 saturated heterocycles. The molecular weight excluding hydrogens is 144 g/mol. The zero-order valence-electron chi connectivity index (χ0n) is 6.76. The Morgan fingerprint density at radius 1 is 1.40 bits per heavy atom. The molecule has 0 saturated carbocycles. The van der Waals surface area contributed by atoms with Gasteiger partial charge in [0, 0.05) is 14.2 Å². The molecule has 0 aliphatic heterocycles. The van der Waals surface area contributed by atoms with Crippen molar-refractivity contribution in [1.29, 1.82) is 0 Å². The average molecular weight is 158 g/mol. The van der Waals surface area contributed by atoms with Crippen LogP contribution in [0.1, 0.15) is 6.92 Å². The summed E-state index contributed by atoms with van der Waals surface area (Å²) in [6.07, 6.45) is 3.75. The predicted octanol–water partition coefficient (Wildman–Crippen LogP) is 1.17. The van der Waals surface area contributed by atoms with Crippen molar-refractivity contribution in [2.75, 3.05) is 14.2 Å². The first-order valence-corrected chi connectivity index (χ1v) is 4.66. The molecule has 2 nitrogen and oxygen atoms in total. The molecule has 10 heavy (non-hydrogen) atoms. The van der Waals surface area contributed by atoms with Crippen LogP contribution in [0.25, 0.3) is 0 Å². The van der Waals surface area contributed by atoms with Gasteiger partial charge in [0.2, 0.25) is 0 Å². The Labute approximate surface area is 64.0 Å². The second-order valence-electron chi connectivity index (χ2n) is 1.80. The summed E-state index contributed by atoms with van der Waals surface area (Å²) in [4.78, 5) is 0. The molecule has 0 atom stereocenters. The molecule has 0 aliphatic rings. The molecule has 58 valence electrons. The fourth-order valence-corrected chi connectivity index (χ4v) is 1.92. The maximum Gasteiger partial charge on any atom is 0.354 e. The van der Waals surface area contributed by atoms with Gasteiger partial charge in [-0.15, -0.1) is 0 Å². The van der Waals surface area contributed by atoms with Gasteiger partial charge in [-0.2, -0.15) is 0 Å². The quantitative estimate of drug-likeness (QED) is 0.452. The summed E-state index contributed by atoms with van der Waals surface area (Å²) in [5, 5.41) is 1.09. The highest BCUT2D eigenvalue weighted by atomic mass is 28.3. The minimum Gasteiger partial charge on any atom is -0.397 e. The molecule has 0 fully saturated rings. The fraction of sp³-hybridized carbons (Fsp3) is 0.429. The van der Waals surface area contributed by atoms with E-state index in [1.54, 1.807) is 20.3 Å². The molecule has 0 spiro atoms. The molecular formula is C7H14O2Si. The van der Waals surface area contributed by atoms with Gasteiger partial charge < -0.3 is 8.85 Å². The van der Waals surface area contributed by atoms with Gasteiger partial charge in [0.25, 0.3) is 0 Å². The Bertz CT molecular complexity index is 128. The minimum atomic E-state index is -1.56. The third-order valence-electron chi connectivity index (χ3n) is 1.27. The molecule has 0 heterocycles. The summed E-state index contributed by atoms with van der Waals surface area (Å²) >= 11 is 0. The van der Waals surface area contributed by atoms with Gasteiger partial charge in [0.15, 0.2) is 0 Å². The van der Waals surface area contributed by atoms with E-state index < -0.39 is 9.28 Å². The first-order chi connectivity index (χ1) is 4.79. The zero-order chi connectivity index (χ0) is 7.98. The van der Waals surface area contributed by atoms with Crippen molar-refractivity contribution < 1.29 is 8.85 Å². The lowest BCUT2D eigenvalue weighted by molar-refractivity contribution is 0.288. The topological polar surface area (TPSA) is 18.5 Å². The highest BCUT2D eigenvalue weighted by Crippen LogP contribution is 2.02. The summed E-state index contributed by atoms with van der Waals surface area (Å²) in [6, 6.07) is 0. The van der Waals surface area contributed by atoms with Crippen LogP contribution in [0.15, 0.2) is 23.9 Å². The second kappa shape index (κ2) is 5.41. The lowest BCUT2D eigenvalue weighted by atomic mass is 10.5. The Hall–Kier alpha value is -0.383. The zero-order valence-corrected chi connectivity index (χ0v) is 7.91. The highest BCUT2D eigenvalue weighted by Gasteiger charge is 2.11. The molecule has 0 amide bonds. The van der Waals surface area contributed by atoms with Crippen LogP contribution in [0.3, 0.4) is 0 Å². The van der Waals surface area contributed by atoms with Crippen LogP contribution in [0.4, 0.5) is 0 Å². The second-order valence-corrected chi connectivity index (χ2v) is 4.07. The van der Waals surface area contributed by atoms with E-state index in [9.17, 15) is 0 Å². The first kappa shape index (κ1) is 9.62. The van der Waals surface area contributed by atoms with E-state index in [0.717, 1.165) is 5.20 Å². The van der Waals surface area contributed by atoms with Gasteiger partial charge in [-0.25, -0.2) is 0 Å². The van der Waals surface area contributed by atoms with Crippen molar-refractivity contribution in [1.82, 2.24) is 0 Å². The Balaban J connectivity index is 4.10. The molecule has 0 aromatic heterocycles. The number of allylic oxidation sites excluding steroid dienone is 3. The van der Waals surface area contributed by atoms with Crippen LogP contribution in [0, 0.1) is 0 Å². The van der Waals surface area contributed by atoms with Crippen molar-refractivity contribution in [2.24, 2.45) is 0 Å². The number of hydrogen-bond acceptors (Lipinski definition) is 2. The molecule has 0 unspecified atom stereocenters. The Kier molecular flexibility index (Phi) is 5.20. The van der Waals surface area contributed by atoms with E-state index in [1.807, 2.05) is 13.0 Å². The maximum absolute atomic E-state index is 5.12. The van der Waals surface area contributed by atoms with Gasteiger partial charge in [0.1, 0.15) is 0 Å². The molecule has 0 aromatic carbocycles. The molecule has 0 N–H and O–H groups in total. The van der Waals surface area contributed by atoms with Gasteiger partial charge >= 0.3 is 9.28 Å². The highest BCUT2D eigenvalue weighted by molar-refractivity contribution is 6.54. The van der Waals surface area contributed by atoms with Crippen LogP contribution in [0.5, 0.6) is 0 Å². The normalized spacial score (nSPS) is 12.2. The smallest absolute Gasteiger partial charge is 0.354 e. The van der Waals surface area contributed by atoms with Crippen molar-refractivity contribution in [3.8, 4) is 0 Å². The molecule has 0 bridgehead atoms. The molecule has 0 aliphatic carbocycles. The molecule has 0 rings (SSSR count). The van der Waals surface area contributed by atoms with E-state index in [1.165, 1.54) is 0 Å². The van der Waals surface area contributed by atoms with E-state index in [4.69, 9.17) is 8.85 Å². The largest absolute Gasteiger partial charge is 0.397 e. The summed E-state index contributed by atoms with van der Waals surface area (Å²) < 4.78 is 10.2. The van der Waals surface area contributed by atoms with Crippen LogP contribution >= 0.6 is 0 Å². The SMILES string of the molecule is C=CC(=CC)[SiH](OC)OC. The van der Waals surface area contributed by atoms with Crippen molar-refractivity contribution in [2.45, 2.75) is 6.92 Å². The van der Waals surface area contributed by atoms with Crippen LogP contribution in [-0.4, -0.2) is 23.5 Å². The number of hydrogen-bond donors (Lipinski definition) is 0. The van der Waals surface area contributed by atoms with E-state index in [-0.39, 0.29) is 0 Å². The fourth-order valence-electron chi connectivity index (χ4n) is 0.719. The summed E-state index contributed by atoms with van der Waals surface area (Å²) in [5.41, 5.74) is 0. The monoisotopic (exact) mass is 158 g/mol.